The van der Waals surface area contributed by atoms with Gasteiger partial charge in [0.1, 0.15) is 0 Å². The summed E-state index contributed by atoms with van der Waals surface area (Å²) in [4.78, 5) is 25.6. The summed E-state index contributed by atoms with van der Waals surface area (Å²) in [5.41, 5.74) is 1.20. The molecule has 0 aliphatic carbocycles. The second-order valence-corrected chi connectivity index (χ2v) is 6.69. The number of anilines is 1. The van der Waals surface area contributed by atoms with Crippen LogP contribution in [0.3, 0.4) is 0 Å². The third-order valence-electron chi connectivity index (χ3n) is 4.59. The Morgan fingerprint density at radius 3 is 2.46 bits per heavy atom. The summed E-state index contributed by atoms with van der Waals surface area (Å²) in [6.45, 7) is 0. The third kappa shape index (κ3) is 4.39. The van der Waals surface area contributed by atoms with Crippen LogP contribution in [0.25, 0.3) is 0 Å². The lowest BCUT2D eigenvalue weighted by Gasteiger charge is -2.29. The molecule has 3 amide bonds. The van der Waals surface area contributed by atoms with Crippen LogP contribution in [0, 0.1) is 0 Å². The van der Waals surface area contributed by atoms with Gasteiger partial charge in [0.25, 0.3) is 5.91 Å². The van der Waals surface area contributed by atoms with Crippen molar-refractivity contribution in [3.05, 3.63) is 29.8 Å². The molecule has 24 heavy (non-hydrogen) atoms. The highest BCUT2D eigenvalue weighted by molar-refractivity contribution is 5.97. The van der Waals surface area contributed by atoms with Crippen molar-refractivity contribution in [2.45, 2.75) is 43.8 Å². The molecule has 3 N–H and O–H groups in total. The van der Waals surface area contributed by atoms with Gasteiger partial charge in [-0.3, -0.25) is 4.79 Å². The van der Waals surface area contributed by atoms with Gasteiger partial charge in [0.2, 0.25) is 0 Å². The van der Waals surface area contributed by atoms with Gasteiger partial charge < -0.3 is 20.9 Å². The lowest BCUT2D eigenvalue weighted by atomic mass is 9.99. The Morgan fingerprint density at radius 1 is 1.17 bits per heavy atom. The number of piperidine rings is 1. The van der Waals surface area contributed by atoms with E-state index >= 15 is 0 Å². The van der Waals surface area contributed by atoms with Crippen molar-refractivity contribution in [2.75, 3.05) is 19.4 Å². The fourth-order valence-electron chi connectivity index (χ4n) is 3.42. The fourth-order valence-corrected chi connectivity index (χ4v) is 3.42. The number of halogens is 1. The number of hydrogen-bond donors (Lipinski definition) is 3. The first-order valence-corrected chi connectivity index (χ1v) is 8.16. The highest BCUT2D eigenvalue weighted by Crippen LogP contribution is 2.27. The van der Waals surface area contributed by atoms with Gasteiger partial charge >= 0.3 is 6.03 Å². The zero-order chi connectivity index (χ0) is 16.4. The average Bonchev–Trinajstić information content (AvgIpc) is 2.86. The van der Waals surface area contributed by atoms with Crippen molar-refractivity contribution in [2.24, 2.45) is 0 Å². The van der Waals surface area contributed by atoms with E-state index in [2.05, 4.69) is 16.0 Å². The topological polar surface area (TPSA) is 73.5 Å². The van der Waals surface area contributed by atoms with Crippen molar-refractivity contribution in [3.8, 4) is 0 Å². The predicted molar refractivity (Wildman–Crippen MR) is 96.8 cm³/mol. The van der Waals surface area contributed by atoms with Gasteiger partial charge in [-0.1, -0.05) is 6.07 Å². The number of rotatable bonds is 3. The summed E-state index contributed by atoms with van der Waals surface area (Å²) in [6.07, 6.45) is 4.42. The molecule has 2 bridgehead atoms. The van der Waals surface area contributed by atoms with E-state index in [4.69, 9.17) is 0 Å². The number of benzene rings is 1. The maximum absolute atomic E-state index is 12.5. The molecule has 3 rings (SSSR count). The van der Waals surface area contributed by atoms with Crippen LogP contribution in [0.5, 0.6) is 0 Å². The molecule has 2 saturated heterocycles. The summed E-state index contributed by atoms with van der Waals surface area (Å²) >= 11 is 0. The molecule has 0 aromatic heterocycles. The Kier molecular flexibility index (Phi) is 6.07. The summed E-state index contributed by atoms with van der Waals surface area (Å²) in [7, 11) is 3.36. The molecule has 1 aromatic rings. The van der Waals surface area contributed by atoms with Crippen LogP contribution in [0.15, 0.2) is 24.3 Å². The Balaban J connectivity index is 0.00000208. The standard InChI is InChI=1S/C17H24N4O2.ClH/c1-21(2)17(23)20-12-5-3-4-11(8-12)16(22)19-15-9-13-6-7-14(10-15)18-13;/h3-5,8,13-15,18H,6-7,9-10H2,1-2H3,(H,19,22)(H,20,23);1H. The fraction of sp³-hybridized carbons (Fsp3) is 0.529. The van der Waals surface area contributed by atoms with Crippen molar-refractivity contribution in [1.29, 1.82) is 0 Å². The Bertz CT molecular complexity index is 596. The molecule has 2 unspecified atom stereocenters. The average molecular weight is 353 g/mol. The molecule has 2 aliphatic heterocycles. The molecule has 0 radical (unpaired) electrons. The van der Waals surface area contributed by atoms with Crippen LogP contribution in [0.2, 0.25) is 0 Å². The van der Waals surface area contributed by atoms with Crippen LogP contribution in [0.4, 0.5) is 10.5 Å². The highest BCUT2D eigenvalue weighted by Gasteiger charge is 2.34. The third-order valence-corrected chi connectivity index (χ3v) is 4.59. The van der Waals surface area contributed by atoms with Gasteiger partial charge in [-0.05, 0) is 43.9 Å². The quantitative estimate of drug-likeness (QED) is 0.781. The molecule has 132 valence electrons. The van der Waals surface area contributed by atoms with Crippen LogP contribution < -0.4 is 16.0 Å². The first kappa shape index (κ1) is 18.5. The second kappa shape index (κ2) is 7.85. The smallest absolute Gasteiger partial charge is 0.321 e. The maximum Gasteiger partial charge on any atom is 0.321 e. The molecule has 2 aliphatic rings. The number of nitrogens with zero attached hydrogens (tertiary/aromatic N) is 1. The summed E-state index contributed by atoms with van der Waals surface area (Å²) in [6, 6.07) is 8.17. The van der Waals surface area contributed by atoms with Gasteiger partial charge in [-0.25, -0.2) is 4.79 Å². The zero-order valence-electron chi connectivity index (χ0n) is 14.0. The first-order chi connectivity index (χ1) is 11.0. The summed E-state index contributed by atoms with van der Waals surface area (Å²) in [5.74, 6) is -0.0720. The molecule has 7 heteroatoms. The highest BCUT2D eigenvalue weighted by atomic mass is 35.5. The van der Waals surface area contributed by atoms with Gasteiger partial charge in [0, 0.05) is 43.5 Å². The van der Waals surface area contributed by atoms with Crippen molar-refractivity contribution in [1.82, 2.24) is 15.5 Å². The van der Waals surface area contributed by atoms with Gasteiger partial charge in [-0.15, -0.1) is 12.4 Å². The molecule has 1 aromatic carbocycles. The number of carbonyl (C=O) groups is 2. The normalized spacial score (nSPS) is 24.7. The van der Waals surface area contributed by atoms with Crippen molar-refractivity contribution < 1.29 is 9.59 Å². The predicted octanol–water partition coefficient (Wildman–Crippen LogP) is 2.21. The molecule has 2 fully saturated rings. The number of nitrogens with one attached hydrogen (secondary N) is 3. The zero-order valence-corrected chi connectivity index (χ0v) is 14.9. The van der Waals surface area contributed by atoms with Crippen LogP contribution >= 0.6 is 12.4 Å². The number of carbonyl (C=O) groups excluding carboxylic acids is 2. The maximum atomic E-state index is 12.5. The van der Waals surface area contributed by atoms with E-state index in [0.29, 0.717) is 23.3 Å². The van der Waals surface area contributed by atoms with E-state index in [9.17, 15) is 9.59 Å². The number of amides is 3. The van der Waals surface area contributed by atoms with Crippen LogP contribution in [0.1, 0.15) is 36.0 Å². The minimum Gasteiger partial charge on any atom is -0.349 e. The molecular formula is C17H25ClN4O2. The Labute approximate surface area is 148 Å². The monoisotopic (exact) mass is 352 g/mol. The second-order valence-electron chi connectivity index (χ2n) is 6.69. The van der Waals surface area contributed by atoms with E-state index in [0.717, 1.165) is 12.8 Å². The lowest BCUT2D eigenvalue weighted by Crippen LogP contribution is -2.48. The SMILES string of the molecule is CN(C)C(=O)Nc1cccc(C(=O)NC2CC3CCC(C2)N3)c1.Cl. The molecule has 2 atom stereocenters. The van der Waals surface area contributed by atoms with E-state index in [1.54, 1.807) is 38.4 Å². The van der Waals surface area contributed by atoms with E-state index in [1.807, 2.05) is 0 Å². The van der Waals surface area contributed by atoms with E-state index < -0.39 is 0 Å². The van der Waals surface area contributed by atoms with Gasteiger partial charge in [0.15, 0.2) is 0 Å². The Morgan fingerprint density at radius 2 is 1.83 bits per heavy atom. The van der Waals surface area contributed by atoms with E-state index in [1.165, 1.54) is 17.7 Å². The number of fused-ring (bicyclic) bond motifs is 2. The lowest BCUT2D eigenvalue weighted by molar-refractivity contribution is 0.0924. The molecular weight excluding hydrogens is 328 g/mol. The molecule has 2 heterocycles. The van der Waals surface area contributed by atoms with Gasteiger partial charge in [0.05, 0.1) is 0 Å². The molecule has 0 saturated carbocycles. The minimum absolute atomic E-state index is 0. The van der Waals surface area contributed by atoms with Crippen molar-refractivity contribution >= 4 is 30.0 Å². The number of urea groups is 1. The van der Waals surface area contributed by atoms with Crippen LogP contribution in [-0.2, 0) is 0 Å². The van der Waals surface area contributed by atoms with Crippen LogP contribution in [-0.4, -0.2) is 49.1 Å². The van der Waals surface area contributed by atoms with Gasteiger partial charge in [-0.2, -0.15) is 0 Å². The van der Waals surface area contributed by atoms with E-state index in [-0.39, 0.29) is 30.4 Å². The first-order valence-electron chi connectivity index (χ1n) is 8.16. The summed E-state index contributed by atoms with van der Waals surface area (Å²) in [5, 5.41) is 9.47. The van der Waals surface area contributed by atoms with Crippen molar-refractivity contribution in [3.63, 3.8) is 0 Å². The summed E-state index contributed by atoms with van der Waals surface area (Å²) < 4.78 is 0. The number of hydrogen-bond acceptors (Lipinski definition) is 3. The largest absolute Gasteiger partial charge is 0.349 e. The Hall–Kier alpha value is -1.79. The molecule has 6 nitrogen and oxygen atoms in total. The minimum atomic E-state index is -0.211. The molecule has 0 spiro atoms.